The van der Waals surface area contributed by atoms with E-state index in [0.29, 0.717) is 0 Å². The van der Waals surface area contributed by atoms with Crippen LogP contribution in [0.25, 0.3) is 16.8 Å². The Morgan fingerprint density at radius 3 is 2.47 bits per heavy atom. The van der Waals surface area contributed by atoms with Gasteiger partial charge in [0, 0.05) is 0 Å². The molecule has 3 rings (SSSR count). The molecule has 1 heteroatoms. The molecular weight excluding hydrogens is 234 g/mol. The molecule has 0 aromatic heterocycles. The molecule has 0 nitrogen and oxygen atoms in total. The largest absolute Gasteiger partial charge is 2.00 e. The zero-order valence-corrected chi connectivity index (χ0v) is 11.9. The first-order chi connectivity index (χ1) is 6.45. The third-order valence-electron chi connectivity index (χ3n) is 2.52. The molecule has 0 spiro atoms. The normalized spacial score (nSPS) is 11.2. The second-order valence-corrected chi connectivity index (χ2v) is 3.32. The molecule has 0 radical (unpaired) electrons. The van der Waals surface area contributed by atoms with Crippen LogP contribution in [-0.4, -0.2) is 0 Å². The summed E-state index contributed by atoms with van der Waals surface area (Å²) >= 11 is 0. The van der Waals surface area contributed by atoms with Gasteiger partial charge in [0.25, 0.3) is 0 Å². The minimum Gasteiger partial charge on any atom is -0.358 e. The Bertz CT molecular complexity index is 492. The summed E-state index contributed by atoms with van der Waals surface area (Å²) in [5.41, 5.74) is 2.66. The molecule has 0 unspecified atom stereocenters. The maximum Gasteiger partial charge on any atom is 2.00 e. The smallest absolute Gasteiger partial charge is 0.358 e. The summed E-state index contributed by atoms with van der Waals surface area (Å²) in [5.74, 6) is 0. The summed E-state index contributed by atoms with van der Waals surface area (Å²) in [6.07, 6.45) is 6.43. The van der Waals surface area contributed by atoms with Gasteiger partial charge in [0.05, 0.1) is 0 Å². The van der Waals surface area contributed by atoms with Crippen molar-refractivity contribution in [2.75, 3.05) is 0 Å². The zero-order chi connectivity index (χ0) is 8.67. The maximum atomic E-state index is 2.16. The summed E-state index contributed by atoms with van der Waals surface area (Å²) in [6.45, 7) is 0. The Morgan fingerprint density at radius 2 is 1.67 bits per heavy atom. The SMILES string of the molecule is C1=Cc2cccc3cccc(c23)[CH-]1.[CH3-].[Zn+2]. The fraction of sp³-hybridized carbons (Fsp3) is 0. The average Bonchev–Trinajstić information content (AvgIpc) is 2.19. The standard InChI is InChI=1S/C13H9.CH3.Zn/c1-4-10-6-2-8-12-9-3-7-11(5-1)13(10)12;;/h1-9H;1H3;/q2*-1;+2. The van der Waals surface area contributed by atoms with Crippen LogP contribution in [0.1, 0.15) is 11.1 Å². The number of allylic oxidation sites excluding steroid dienone is 1. The van der Waals surface area contributed by atoms with E-state index in [9.17, 15) is 0 Å². The predicted molar refractivity (Wildman–Crippen MR) is 62.8 cm³/mol. The van der Waals surface area contributed by atoms with Crippen LogP contribution in [-0.2, 0) is 19.5 Å². The van der Waals surface area contributed by atoms with Crippen LogP contribution in [0.15, 0.2) is 42.5 Å². The van der Waals surface area contributed by atoms with E-state index >= 15 is 0 Å². The van der Waals surface area contributed by atoms with E-state index < -0.39 is 0 Å². The van der Waals surface area contributed by atoms with Gasteiger partial charge in [-0.2, -0.15) is 0 Å². The maximum absolute atomic E-state index is 2.16. The van der Waals surface area contributed by atoms with Crippen molar-refractivity contribution >= 4 is 16.8 Å². The van der Waals surface area contributed by atoms with Gasteiger partial charge >= 0.3 is 19.5 Å². The van der Waals surface area contributed by atoms with Crippen molar-refractivity contribution in [1.29, 1.82) is 0 Å². The number of hydrogen-bond acceptors (Lipinski definition) is 0. The van der Waals surface area contributed by atoms with Gasteiger partial charge in [0.15, 0.2) is 0 Å². The van der Waals surface area contributed by atoms with E-state index in [1.165, 1.54) is 21.9 Å². The third kappa shape index (κ3) is 1.85. The van der Waals surface area contributed by atoms with Crippen LogP contribution in [0.2, 0.25) is 0 Å². The molecule has 0 aliphatic heterocycles. The summed E-state index contributed by atoms with van der Waals surface area (Å²) in [7, 11) is 0. The zero-order valence-electron chi connectivity index (χ0n) is 8.90. The molecule has 70 valence electrons. The first-order valence-electron chi connectivity index (χ1n) is 4.48. The molecule has 0 saturated carbocycles. The molecule has 0 heterocycles. The molecule has 0 atom stereocenters. The van der Waals surface area contributed by atoms with Crippen molar-refractivity contribution in [1.82, 2.24) is 0 Å². The van der Waals surface area contributed by atoms with Gasteiger partial charge in [-0.1, -0.05) is 35.0 Å². The number of benzene rings is 2. The van der Waals surface area contributed by atoms with Crippen LogP contribution in [0.3, 0.4) is 0 Å². The van der Waals surface area contributed by atoms with Crippen LogP contribution < -0.4 is 0 Å². The van der Waals surface area contributed by atoms with Crippen LogP contribution in [0.5, 0.6) is 0 Å². The second-order valence-electron chi connectivity index (χ2n) is 3.32. The molecule has 0 N–H and O–H groups in total. The Balaban J connectivity index is 0.000000562. The first kappa shape index (κ1) is 12.0. The molecule has 0 bridgehead atoms. The van der Waals surface area contributed by atoms with Crippen molar-refractivity contribution < 1.29 is 19.5 Å². The van der Waals surface area contributed by atoms with Crippen molar-refractivity contribution in [3.8, 4) is 0 Å². The molecule has 0 fully saturated rings. The van der Waals surface area contributed by atoms with Crippen LogP contribution in [0.4, 0.5) is 0 Å². The summed E-state index contributed by atoms with van der Waals surface area (Å²) in [5, 5.41) is 2.71. The van der Waals surface area contributed by atoms with Gasteiger partial charge in [-0.15, -0.1) is 41.8 Å². The summed E-state index contributed by atoms with van der Waals surface area (Å²) in [6, 6.07) is 12.9. The summed E-state index contributed by atoms with van der Waals surface area (Å²) < 4.78 is 0. The van der Waals surface area contributed by atoms with Gasteiger partial charge in [-0.3, -0.25) is 0 Å². The average molecular weight is 246 g/mol. The fourth-order valence-corrected chi connectivity index (χ4v) is 1.93. The second kappa shape index (κ2) is 4.64. The first-order valence-corrected chi connectivity index (χ1v) is 4.48. The molecule has 0 amide bonds. The van der Waals surface area contributed by atoms with E-state index in [1.807, 2.05) is 0 Å². The van der Waals surface area contributed by atoms with Gasteiger partial charge in [0.1, 0.15) is 0 Å². The molecule has 1 aliphatic carbocycles. The van der Waals surface area contributed by atoms with E-state index in [2.05, 4.69) is 55.0 Å². The van der Waals surface area contributed by atoms with E-state index in [4.69, 9.17) is 0 Å². The monoisotopic (exact) mass is 244 g/mol. The van der Waals surface area contributed by atoms with E-state index in [1.54, 1.807) is 0 Å². The predicted octanol–water partition coefficient (Wildman–Crippen LogP) is 3.87. The van der Waals surface area contributed by atoms with Gasteiger partial charge in [0.2, 0.25) is 0 Å². The Morgan fingerprint density at radius 1 is 0.933 bits per heavy atom. The topological polar surface area (TPSA) is 0 Å². The summed E-state index contributed by atoms with van der Waals surface area (Å²) in [4.78, 5) is 0. The van der Waals surface area contributed by atoms with Crippen LogP contribution in [0, 0.1) is 13.8 Å². The van der Waals surface area contributed by atoms with Gasteiger partial charge < -0.3 is 7.43 Å². The number of rotatable bonds is 0. The molecule has 2 aromatic rings. The Labute approximate surface area is 104 Å². The molecule has 1 aliphatic rings. The molecule has 2 aromatic carbocycles. The van der Waals surface area contributed by atoms with Gasteiger partial charge in [-0.05, 0) is 0 Å². The van der Waals surface area contributed by atoms with Gasteiger partial charge in [-0.25, -0.2) is 0 Å². The van der Waals surface area contributed by atoms with Crippen LogP contribution >= 0.6 is 0 Å². The minimum absolute atomic E-state index is 0. The molecule has 0 saturated heterocycles. The minimum atomic E-state index is 0. The quantitative estimate of drug-likeness (QED) is 0.488. The number of hydrogen-bond donors (Lipinski definition) is 0. The molecular formula is C14H12Zn. The van der Waals surface area contributed by atoms with Crippen molar-refractivity contribution in [3.63, 3.8) is 0 Å². The van der Waals surface area contributed by atoms with E-state index in [0.717, 1.165) is 0 Å². The Kier molecular flexibility index (Phi) is 3.71. The Hall–Kier alpha value is -1.07. The fourth-order valence-electron chi connectivity index (χ4n) is 1.93. The van der Waals surface area contributed by atoms with Crippen molar-refractivity contribution in [2.45, 2.75) is 0 Å². The van der Waals surface area contributed by atoms with Crippen molar-refractivity contribution in [3.05, 3.63) is 67.4 Å². The molecule has 15 heavy (non-hydrogen) atoms. The third-order valence-corrected chi connectivity index (χ3v) is 2.52. The van der Waals surface area contributed by atoms with E-state index in [-0.39, 0.29) is 26.9 Å². The van der Waals surface area contributed by atoms with Crippen molar-refractivity contribution in [2.24, 2.45) is 0 Å².